The number of alkyl carbamates (subject to hydrolysis) is 1. The molecule has 0 fully saturated rings. The van der Waals surface area contributed by atoms with Crippen molar-refractivity contribution in [1.82, 2.24) is 24.4 Å². The molecule has 0 atom stereocenters. The summed E-state index contributed by atoms with van der Waals surface area (Å²) in [5.74, 6) is -0.833. The second kappa shape index (κ2) is 8.31. The molecule has 0 aliphatic carbocycles. The second-order valence-electron chi connectivity index (χ2n) is 8.03. The Morgan fingerprint density at radius 1 is 1.22 bits per heavy atom. The number of nitrogens with one attached hydrogen (secondary N) is 1. The van der Waals surface area contributed by atoms with E-state index >= 15 is 0 Å². The molecule has 32 heavy (non-hydrogen) atoms. The summed E-state index contributed by atoms with van der Waals surface area (Å²) in [6, 6.07) is 4.05. The highest BCUT2D eigenvalue weighted by atomic mass is 32.2. The first-order valence-electron chi connectivity index (χ1n) is 9.43. The highest BCUT2D eigenvalue weighted by Gasteiger charge is 2.50. The third-order valence-electron chi connectivity index (χ3n) is 4.37. The number of fused-ring (bicyclic) bond motifs is 1. The van der Waals surface area contributed by atoms with Gasteiger partial charge in [0.05, 0.1) is 18.7 Å². The molecule has 3 rings (SSSR count). The summed E-state index contributed by atoms with van der Waals surface area (Å²) < 4.78 is 82.8. The number of rotatable bonds is 4. The minimum atomic E-state index is -5.50. The number of alkyl halides is 3. The molecule has 2 aromatic rings. The molecule has 9 nitrogen and oxygen atoms in total. The van der Waals surface area contributed by atoms with Crippen molar-refractivity contribution < 1.29 is 35.5 Å². The second-order valence-corrected chi connectivity index (χ2v) is 9.96. The standard InChI is InChI=1S/C18H21F4N5O4S/c1-17(2,3)31-16(28)23-9-11-4-5-12(13(19)8-11)15-24-14-10-26(6-7-27(14)25-15)32(29,30)18(20,21)22/h4-5,8H,6-7,9-10H2,1-3H3,(H,23,28). The van der Waals surface area contributed by atoms with Crippen molar-refractivity contribution in [3.05, 3.63) is 35.4 Å². The lowest BCUT2D eigenvalue weighted by Crippen LogP contribution is -2.44. The van der Waals surface area contributed by atoms with Gasteiger partial charge < -0.3 is 10.1 Å². The number of ether oxygens (including phenoxy) is 1. The summed E-state index contributed by atoms with van der Waals surface area (Å²) in [6.45, 7) is 3.90. The summed E-state index contributed by atoms with van der Waals surface area (Å²) in [5.41, 5.74) is -5.69. The van der Waals surface area contributed by atoms with Crippen LogP contribution in [0, 0.1) is 5.82 Å². The molecule has 1 aliphatic rings. The van der Waals surface area contributed by atoms with Gasteiger partial charge in [0.25, 0.3) is 0 Å². The zero-order valence-corrected chi connectivity index (χ0v) is 18.2. The van der Waals surface area contributed by atoms with Crippen molar-refractivity contribution in [3.63, 3.8) is 0 Å². The molecule has 2 heterocycles. The third-order valence-corrected chi connectivity index (χ3v) is 5.95. The minimum Gasteiger partial charge on any atom is -0.444 e. The quantitative estimate of drug-likeness (QED) is 0.676. The van der Waals surface area contributed by atoms with Gasteiger partial charge in [-0.25, -0.2) is 27.3 Å². The molecule has 1 N–H and O–H groups in total. The maximum atomic E-state index is 14.6. The molecule has 0 unspecified atom stereocenters. The summed E-state index contributed by atoms with van der Waals surface area (Å²) in [6.07, 6.45) is -0.663. The van der Waals surface area contributed by atoms with Crippen LogP contribution in [0.25, 0.3) is 11.4 Å². The fourth-order valence-electron chi connectivity index (χ4n) is 2.92. The Hall–Kier alpha value is -2.74. The number of benzene rings is 1. The Bertz CT molecular complexity index is 1130. The van der Waals surface area contributed by atoms with Crippen LogP contribution in [0.15, 0.2) is 18.2 Å². The molecule has 1 amide bonds. The first-order valence-corrected chi connectivity index (χ1v) is 10.9. The fraction of sp³-hybridized carbons (Fsp3) is 0.500. The van der Waals surface area contributed by atoms with Crippen LogP contribution in [-0.4, -0.2) is 51.2 Å². The fourth-order valence-corrected chi connectivity index (χ4v) is 3.82. The predicted octanol–water partition coefficient (Wildman–Crippen LogP) is 2.77. The van der Waals surface area contributed by atoms with E-state index in [1.54, 1.807) is 20.8 Å². The van der Waals surface area contributed by atoms with E-state index in [-0.39, 0.29) is 34.6 Å². The van der Waals surface area contributed by atoms with Gasteiger partial charge in [-0.15, -0.1) is 0 Å². The van der Waals surface area contributed by atoms with E-state index in [1.165, 1.54) is 16.8 Å². The number of halogens is 4. The molecule has 0 saturated heterocycles. The van der Waals surface area contributed by atoms with Crippen molar-refractivity contribution in [1.29, 1.82) is 0 Å². The van der Waals surface area contributed by atoms with Crippen molar-refractivity contribution in [2.24, 2.45) is 0 Å². The molecule has 0 bridgehead atoms. The molecule has 1 aliphatic heterocycles. The van der Waals surface area contributed by atoms with Crippen LogP contribution in [0.2, 0.25) is 0 Å². The Morgan fingerprint density at radius 3 is 2.50 bits per heavy atom. The number of hydrogen-bond acceptors (Lipinski definition) is 6. The van der Waals surface area contributed by atoms with E-state index in [0.717, 1.165) is 6.07 Å². The number of carbonyl (C=O) groups excluding carboxylic acids is 1. The lowest BCUT2D eigenvalue weighted by atomic mass is 10.1. The summed E-state index contributed by atoms with van der Waals surface area (Å²) in [7, 11) is -5.50. The van der Waals surface area contributed by atoms with E-state index in [1.807, 2.05) is 0 Å². The molecular weight excluding hydrogens is 458 g/mol. The van der Waals surface area contributed by atoms with Crippen LogP contribution >= 0.6 is 0 Å². The van der Waals surface area contributed by atoms with Gasteiger partial charge in [-0.1, -0.05) is 6.07 Å². The Kier molecular flexibility index (Phi) is 6.21. The number of amides is 1. The topological polar surface area (TPSA) is 106 Å². The zero-order valence-electron chi connectivity index (χ0n) is 17.4. The highest BCUT2D eigenvalue weighted by Crippen LogP contribution is 2.30. The van der Waals surface area contributed by atoms with Crippen LogP contribution in [0.4, 0.5) is 22.4 Å². The molecular formula is C18H21F4N5O4S. The molecule has 176 valence electrons. The third kappa shape index (κ3) is 5.18. The first kappa shape index (κ1) is 23.9. The van der Waals surface area contributed by atoms with Crippen molar-refractivity contribution in [3.8, 4) is 11.4 Å². The van der Waals surface area contributed by atoms with Crippen LogP contribution in [0.1, 0.15) is 32.2 Å². The minimum absolute atomic E-state index is 0.00347. The molecule has 0 spiro atoms. The zero-order chi connectivity index (χ0) is 23.9. The van der Waals surface area contributed by atoms with Gasteiger partial charge in [-0.3, -0.25) is 0 Å². The van der Waals surface area contributed by atoms with Crippen molar-refractivity contribution in [2.75, 3.05) is 6.54 Å². The largest absolute Gasteiger partial charge is 0.511 e. The highest BCUT2D eigenvalue weighted by molar-refractivity contribution is 7.89. The van der Waals surface area contributed by atoms with E-state index in [9.17, 15) is 30.8 Å². The maximum Gasteiger partial charge on any atom is 0.511 e. The number of carbonyl (C=O) groups is 1. The van der Waals surface area contributed by atoms with E-state index in [0.29, 0.717) is 5.56 Å². The van der Waals surface area contributed by atoms with Crippen LogP contribution < -0.4 is 5.32 Å². The normalized spacial score (nSPS) is 15.3. The molecule has 0 saturated carbocycles. The predicted molar refractivity (Wildman–Crippen MR) is 104 cm³/mol. The summed E-state index contributed by atoms with van der Waals surface area (Å²) in [5, 5.41) is 6.57. The molecule has 0 radical (unpaired) electrons. The Labute approximate surface area is 181 Å². The van der Waals surface area contributed by atoms with Gasteiger partial charge in [0, 0.05) is 13.1 Å². The number of sulfonamides is 1. The van der Waals surface area contributed by atoms with E-state index in [2.05, 4.69) is 15.4 Å². The Morgan fingerprint density at radius 2 is 1.91 bits per heavy atom. The molecule has 1 aromatic carbocycles. The van der Waals surface area contributed by atoms with Gasteiger partial charge in [-0.05, 0) is 38.5 Å². The Balaban J connectivity index is 1.73. The lowest BCUT2D eigenvalue weighted by molar-refractivity contribution is -0.0496. The van der Waals surface area contributed by atoms with Gasteiger partial charge >= 0.3 is 21.6 Å². The average Bonchev–Trinajstić information content (AvgIpc) is 3.07. The van der Waals surface area contributed by atoms with E-state index < -0.39 is 46.1 Å². The number of aromatic nitrogens is 3. The average molecular weight is 479 g/mol. The summed E-state index contributed by atoms with van der Waals surface area (Å²) in [4.78, 5) is 15.7. The maximum absolute atomic E-state index is 14.6. The molecule has 1 aromatic heterocycles. The van der Waals surface area contributed by atoms with Crippen LogP contribution in [-0.2, 0) is 34.4 Å². The van der Waals surface area contributed by atoms with Gasteiger partial charge in [0.15, 0.2) is 5.82 Å². The van der Waals surface area contributed by atoms with Crippen molar-refractivity contribution in [2.45, 2.75) is 51.5 Å². The van der Waals surface area contributed by atoms with Crippen LogP contribution in [0.3, 0.4) is 0 Å². The van der Waals surface area contributed by atoms with Crippen LogP contribution in [0.5, 0.6) is 0 Å². The van der Waals surface area contributed by atoms with E-state index in [4.69, 9.17) is 4.74 Å². The van der Waals surface area contributed by atoms with Gasteiger partial charge in [0.2, 0.25) is 0 Å². The number of nitrogens with zero attached hydrogens (tertiary/aromatic N) is 4. The smallest absolute Gasteiger partial charge is 0.444 e. The number of hydrogen-bond donors (Lipinski definition) is 1. The van der Waals surface area contributed by atoms with Gasteiger partial charge in [-0.2, -0.15) is 22.6 Å². The first-order chi connectivity index (χ1) is 14.7. The monoisotopic (exact) mass is 479 g/mol. The van der Waals surface area contributed by atoms with Crippen molar-refractivity contribution >= 4 is 16.1 Å². The SMILES string of the molecule is CC(C)(C)OC(=O)NCc1ccc(-c2nc3n(n2)CCN(S(=O)(=O)C(F)(F)F)C3)c(F)c1. The van der Waals surface area contributed by atoms with Gasteiger partial charge in [0.1, 0.15) is 17.2 Å². The lowest BCUT2D eigenvalue weighted by Gasteiger charge is -2.26. The summed E-state index contributed by atoms with van der Waals surface area (Å²) >= 11 is 0. The molecule has 14 heteroatoms.